The average Bonchev–Trinajstić information content (AvgIpc) is 2.83. The summed E-state index contributed by atoms with van der Waals surface area (Å²) in [6.07, 6.45) is 5.64. The lowest BCUT2D eigenvalue weighted by molar-refractivity contribution is 0.0522. The van der Waals surface area contributed by atoms with Gasteiger partial charge in [-0.1, -0.05) is 0 Å². The molecule has 0 radical (unpaired) electrons. The van der Waals surface area contributed by atoms with Gasteiger partial charge >= 0.3 is 6.09 Å². The number of aromatic nitrogens is 2. The first-order valence-corrected chi connectivity index (χ1v) is 8.16. The summed E-state index contributed by atoms with van der Waals surface area (Å²) in [4.78, 5) is 15.9. The van der Waals surface area contributed by atoms with Crippen LogP contribution in [0.4, 0.5) is 4.79 Å². The quantitative estimate of drug-likeness (QED) is 0.932. The summed E-state index contributed by atoms with van der Waals surface area (Å²) in [7, 11) is 0. The molecule has 0 aromatic carbocycles. The standard InChI is InChI=1S/C14H23N3O2S/c1-14(2,3)19-13(18)16-9-12-8-15-10-17(12)11-4-6-20-7-5-11/h8,10-11H,4-7,9H2,1-3H3,(H,16,18). The molecule has 2 heterocycles. The van der Waals surface area contributed by atoms with Crippen molar-refractivity contribution in [3.05, 3.63) is 18.2 Å². The molecule has 0 saturated carbocycles. The van der Waals surface area contributed by atoms with Crippen LogP contribution in [-0.2, 0) is 11.3 Å². The first-order chi connectivity index (χ1) is 9.46. The van der Waals surface area contributed by atoms with E-state index in [0.29, 0.717) is 12.6 Å². The van der Waals surface area contributed by atoms with E-state index >= 15 is 0 Å². The molecule has 0 spiro atoms. The van der Waals surface area contributed by atoms with Gasteiger partial charge in [0, 0.05) is 12.2 Å². The number of ether oxygens (including phenoxy) is 1. The molecule has 1 fully saturated rings. The van der Waals surface area contributed by atoms with E-state index in [1.807, 2.05) is 45.1 Å². The Hall–Kier alpha value is -1.17. The van der Waals surface area contributed by atoms with Crippen molar-refractivity contribution in [2.75, 3.05) is 11.5 Å². The molecule has 1 N–H and O–H groups in total. The number of imidazole rings is 1. The third kappa shape index (κ3) is 4.44. The molecule has 5 nitrogen and oxygen atoms in total. The predicted molar refractivity (Wildman–Crippen MR) is 80.9 cm³/mol. The van der Waals surface area contributed by atoms with Gasteiger partial charge in [0.1, 0.15) is 5.60 Å². The van der Waals surface area contributed by atoms with Crippen LogP contribution in [0.5, 0.6) is 0 Å². The molecule has 1 aromatic rings. The number of amides is 1. The summed E-state index contributed by atoms with van der Waals surface area (Å²) >= 11 is 2.00. The molecule has 0 aliphatic carbocycles. The second-order valence-electron chi connectivity index (χ2n) is 5.99. The van der Waals surface area contributed by atoms with Crippen LogP contribution in [0.15, 0.2) is 12.5 Å². The zero-order valence-electron chi connectivity index (χ0n) is 12.4. The maximum Gasteiger partial charge on any atom is 0.407 e. The van der Waals surface area contributed by atoms with E-state index in [4.69, 9.17) is 4.74 Å². The monoisotopic (exact) mass is 297 g/mol. The smallest absolute Gasteiger partial charge is 0.407 e. The molecular formula is C14H23N3O2S. The molecule has 0 unspecified atom stereocenters. The molecular weight excluding hydrogens is 274 g/mol. The van der Waals surface area contributed by atoms with Crippen molar-refractivity contribution in [1.82, 2.24) is 14.9 Å². The highest BCUT2D eigenvalue weighted by Crippen LogP contribution is 2.27. The lowest BCUT2D eigenvalue weighted by Crippen LogP contribution is -2.32. The highest BCUT2D eigenvalue weighted by molar-refractivity contribution is 7.99. The van der Waals surface area contributed by atoms with Gasteiger partial charge in [-0.25, -0.2) is 9.78 Å². The van der Waals surface area contributed by atoms with Crippen molar-refractivity contribution in [2.24, 2.45) is 0 Å². The zero-order chi connectivity index (χ0) is 14.6. The van der Waals surface area contributed by atoms with E-state index in [0.717, 1.165) is 5.69 Å². The maximum absolute atomic E-state index is 11.7. The molecule has 1 aliphatic heterocycles. The summed E-state index contributed by atoms with van der Waals surface area (Å²) in [5.41, 5.74) is 0.568. The summed E-state index contributed by atoms with van der Waals surface area (Å²) in [6.45, 7) is 6.03. The van der Waals surface area contributed by atoms with Crippen LogP contribution in [0.1, 0.15) is 45.3 Å². The molecule has 0 bridgehead atoms. The fourth-order valence-corrected chi connectivity index (χ4v) is 3.32. The van der Waals surface area contributed by atoms with Crippen molar-refractivity contribution < 1.29 is 9.53 Å². The Bertz CT molecular complexity index is 448. The summed E-state index contributed by atoms with van der Waals surface area (Å²) in [5, 5.41) is 2.79. The van der Waals surface area contributed by atoms with Crippen LogP contribution < -0.4 is 5.32 Å². The topological polar surface area (TPSA) is 56.1 Å². The average molecular weight is 297 g/mol. The number of alkyl carbamates (subject to hydrolysis) is 1. The third-order valence-corrected chi connectivity index (χ3v) is 4.19. The molecule has 6 heteroatoms. The second-order valence-corrected chi connectivity index (χ2v) is 7.22. The molecule has 1 saturated heterocycles. The Labute approximate surface area is 124 Å². The maximum atomic E-state index is 11.7. The van der Waals surface area contributed by atoms with Gasteiger partial charge in [-0.2, -0.15) is 11.8 Å². The van der Waals surface area contributed by atoms with E-state index in [1.165, 1.54) is 24.3 Å². The molecule has 1 amide bonds. The van der Waals surface area contributed by atoms with E-state index in [-0.39, 0.29) is 6.09 Å². The number of nitrogens with one attached hydrogen (secondary N) is 1. The Kier molecular flexibility index (Phi) is 4.96. The molecule has 1 aliphatic rings. The minimum Gasteiger partial charge on any atom is -0.444 e. The normalized spacial score (nSPS) is 16.9. The second kappa shape index (κ2) is 6.52. The van der Waals surface area contributed by atoms with Crippen LogP contribution >= 0.6 is 11.8 Å². The van der Waals surface area contributed by atoms with Crippen molar-refractivity contribution in [1.29, 1.82) is 0 Å². The van der Waals surface area contributed by atoms with Gasteiger partial charge in [0.2, 0.25) is 0 Å². The Morgan fingerprint density at radius 1 is 1.50 bits per heavy atom. The lowest BCUT2D eigenvalue weighted by Gasteiger charge is -2.25. The van der Waals surface area contributed by atoms with Gasteiger partial charge in [-0.3, -0.25) is 0 Å². The minimum absolute atomic E-state index is 0.385. The Balaban J connectivity index is 1.90. The fourth-order valence-electron chi connectivity index (χ4n) is 2.24. The number of hydrogen-bond donors (Lipinski definition) is 1. The molecule has 2 rings (SSSR count). The van der Waals surface area contributed by atoms with Crippen LogP contribution in [0, 0.1) is 0 Å². The Morgan fingerprint density at radius 3 is 2.85 bits per heavy atom. The summed E-state index contributed by atoms with van der Waals surface area (Å²) in [5.74, 6) is 2.39. The van der Waals surface area contributed by atoms with Crippen LogP contribution in [-0.4, -0.2) is 32.8 Å². The van der Waals surface area contributed by atoms with Gasteiger partial charge in [0.15, 0.2) is 0 Å². The molecule has 1 aromatic heterocycles. The van der Waals surface area contributed by atoms with Crippen LogP contribution in [0.2, 0.25) is 0 Å². The first kappa shape index (κ1) is 15.2. The van der Waals surface area contributed by atoms with Crippen molar-refractivity contribution in [2.45, 2.75) is 51.8 Å². The van der Waals surface area contributed by atoms with Gasteiger partial charge in [-0.05, 0) is 45.1 Å². The van der Waals surface area contributed by atoms with Gasteiger partial charge in [0.25, 0.3) is 0 Å². The summed E-state index contributed by atoms with van der Waals surface area (Å²) < 4.78 is 7.43. The number of thioether (sulfide) groups is 1. The fraction of sp³-hybridized carbons (Fsp3) is 0.714. The third-order valence-electron chi connectivity index (χ3n) is 3.14. The van der Waals surface area contributed by atoms with E-state index in [2.05, 4.69) is 14.9 Å². The number of rotatable bonds is 3. The zero-order valence-corrected chi connectivity index (χ0v) is 13.2. The van der Waals surface area contributed by atoms with E-state index in [9.17, 15) is 4.79 Å². The minimum atomic E-state index is -0.467. The molecule has 20 heavy (non-hydrogen) atoms. The first-order valence-electron chi connectivity index (χ1n) is 7.01. The molecule has 0 atom stereocenters. The predicted octanol–water partition coefficient (Wildman–Crippen LogP) is 2.98. The highest BCUT2D eigenvalue weighted by Gasteiger charge is 2.19. The number of carbonyl (C=O) groups is 1. The van der Waals surface area contributed by atoms with E-state index < -0.39 is 5.60 Å². The van der Waals surface area contributed by atoms with Crippen LogP contribution in [0.25, 0.3) is 0 Å². The molecule has 112 valence electrons. The Morgan fingerprint density at radius 2 is 2.20 bits per heavy atom. The number of hydrogen-bond acceptors (Lipinski definition) is 4. The largest absolute Gasteiger partial charge is 0.444 e. The lowest BCUT2D eigenvalue weighted by atomic mass is 10.1. The highest BCUT2D eigenvalue weighted by atomic mass is 32.2. The van der Waals surface area contributed by atoms with Crippen molar-refractivity contribution in [3.8, 4) is 0 Å². The summed E-state index contributed by atoms with van der Waals surface area (Å²) in [6, 6.07) is 0.509. The van der Waals surface area contributed by atoms with E-state index in [1.54, 1.807) is 0 Å². The van der Waals surface area contributed by atoms with Crippen molar-refractivity contribution >= 4 is 17.9 Å². The van der Waals surface area contributed by atoms with Gasteiger partial charge < -0.3 is 14.6 Å². The number of carbonyl (C=O) groups excluding carboxylic acids is 1. The van der Waals surface area contributed by atoms with Gasteiger partial charge in [-0.15, -0.1) is 0 Å². The SMILES string of the molecule is CC(C)(C)OC(=O)NCc1cncn1C1CCSCC1. The number of nitrogens with zero attached hydrogens (tertiary/aromatic N) is 2. The van der Waals surface area contributed by atoms with Gasteiger partial charge in [0.05, 0.1) is 18.6 Å². The van der Waals surface area contributed by atoms with Crippen molar-refractivity contribution in [3.63, 3.8) is 0 Å². The van der Waals surface area contributed by atoms with Crippen LogP contribution in [0.3, 0.4) is 0 Å².